The fourth-order valence-corrected chi connectivity index (χ4v) is 4.59. The molecule has 2 saturated heterocycles. The molecule has 3 atom stereocenters. The van der Waals surface area contributed by atoms with Crippen LogP contribution in [-0.4, -0.2) is 37.2 Å². The van der Waals surface area contributed by atoms with Gasteiger partial charge in [-0.25, -0.2) is 9.96 Å². The lowest BCUT2D eigenvalue weighted by Crippen LogP contribution is -2.37. The van der Waals surface area contributed by atoms with Crippen LogP contribution in [0.5, 0.6) is 17.2 Å². The molecule has 5 rings (SSSR count). The molecule has 8 nitrogen and oxygen atoms in total. The minimum Gasteiger partial charge on any atom is -0.502 e. The van der Waals surface area contributed by atoms with Gasteiger partial charge in [0, 0.05) is 0 Å². The molecule has 2 amide bonds. The molecular weight excluding hydrogens is 436 g/mol. The molecule has 0 radical (unpaired) electrons. The van der Waals surface area contributed by atoms with Gasteiger partial charge in [0.05, 0.1) is 31.6 Å². The lowest BCUT2D eigenvalue weighted by atomic mass is 9.90. The van der Waals surface area contributed by atoms with Crippen LogP contribution in [0.25, 0.3) is 0 Å². The van der Waals surface area contributed by atoms with Crippen molar-refractivity contribution in [3.05, 3.63) is 77.9 Å². The first-order chi connectivity index (χ1) is 16.4. The second-order valence-electron chi connectivity index (χ2n) is 8.28. The Balaban J connectivity index is 1.63. The van der Waals surface area contributed by atoms with E-state index in [4.69, 9.17) is 14.3 Å². The summed E-state index contributed by atoms with van der Waals surface area (Å²) < 4.78 is 10.7. The number of nitrogens with zero attached hydrogens (tertiary/aromatic N) is 2. The van der Waals surface area contributed by atoms with Crippen LogP contribution in [-0.2, 0) is 14.4 Å². The van der Waals surface area contributed by atoms with Crippen molar-refractivity contribution in [3.63, 3.8) is 0 Å². The lowest BCUT2D eigenvalue weighted by molar-refractivity contribution is -0.126. The number of phenolic OH excluding ortho intramolecular Hbond substituents is 1. The molecule has 2 aliphatic rings. The molecule has 0 aromatic heterocycles. The summed E-state index contributed by atoms with van der Waals surface area (Å²) in [4.78, 5) is 34.5. The first-order valence-electron chi connectivity index (χ1n) is 10.8. The van der Waals surface area contributed by atoms with Crippen LogP contribution in [0.15, 0.2) is 66.7 Å². The molecule has 1 N–H and O–H groups in total. The number of hydrogen-bond acceptors (Lipinski definition) is 7. The summed E-state index contributed by atoms with van der Waals surface area (Å²) in [6.07, 6.45) is -0.996. The number of aromatic hydroxyl groups is 1. The maximum absolute atomic E-state index is 13.7. The van der Waals surface area contributed by atoms with Crippen LogP contribution >= 0.6 is 0 Å². The molecule has 0 aliphatic carbocycles. The Labute approximate surface area is 196 Å². The third kappa shape index (κ3) is 3.34. The number of para-hydroxylation sites is 1. The Morgan fingerprint density at radius 2 is 1.47 bits per heavy atom. The number of ether oxygens (including phenoxy) is 2. The highest BCUT2D eigenvalue weighted by atomic mass is 16.7. The Kier molecular flexibility index (Phi) is 5.37. The minimum atomic E-state index is -0.996. The molecule has 3 aromatic rings. The molecule has 2 fully saturated rings. The second-order valence-corrected chi connectivity index (χ2v) is 8.28. The molecular formula is C26H24N2O6. The monoisotopic (exact) mass is 460 g/mol. The van der Waals surface area contributed by atoms with Gasteiger partial charge in [0.1, 0.15) is 5.92 Å². The normalized spacial score (nSPS) is 21.7. The molecule has 0 saturated carbocycles. The molecule has 3 aromatic carbocycles. The van der Waals surface area contributed by atoms with Crippen molar-refractivity contribution >= 4 is 23.2 Å². The van der Waals surface area contributed by atoms with E-state index in [1.54, 1.807) is 29.3 Å². The predicted molar refractivity (Wildman–Crippen MR) is 125 cm³/mol. The summed E-state index contributed by atoms with van der Waals surface area (Å²) in [5.41, 5.74) is 2.82. The SMILES string of the molecule is COc1cc([C@H]2[C@@H]3C(=O)N(c4ccc(C)cc4)C(=O)[C@H]3ON2c2ccccc2)cc(OC)c1O. The number of hydroxylamine groups is 1. The maximum atomic E-state index is 13.7. The van der Waals surface area contributed by atoms with E-state index in [0.717, 1.165) is 5.56 Å². The number of imide groups is 1. The van der Waals surface area contributed by atoms with Crippen molar-refractivity contribution in [2.75, 3.05) is 24.2 Å². The Morgan fingerprint density at radius 3 is 2.06 bits per heavy atom. The summed E-state index contributed by atoms with van der Waals surface area (Å²) in [7, 11) is 2.87. The van der Waals surface area contributed by atoms with E-state index in [9.17, 15) is 14.7 Å². The lowest BCUT2D eigenvalue weighted by Gasteiger charge is -2.29. The van der Waals surface area contributed by atoms with Gasteiger partial charge in [-0.3, -0.25) is 14.4 Å². The molecule has 34 heavy (non-hydrogen) atoms. The van der Waals surface area contributed by atoms with Gasteiger partial charge in [0.15, 0.2) is 17.6 Å². The number of hydrogen-bond donors (Lipinski definition) is 1. The minimum absolute atomic E-state index is 0.148. The number of amides is 2. The molecule has 2 aliphatic heterocycles. The van der Waals surface area contributed by atoms with Crippen LogP contribution in [0.1, 0.15) is 17.2 Å². The highest BCUT2D eigenvalue weighted by Gasteiger charge is 2.60. The van der Waals surface area contributed by atoms with Gasteiger partial charge in [-0.15, -0.1) is 0 Å². The van der Waals surface area contributed by atoms with Crippen molar-refractivity contribution < 1.29 is 29.0 Å². The zero-order valence-corrected chi connectivity index (χ0v) is 19.0. The predicted octanol–water partition coefficient (Wildman–Crippen LogP) is 3.77. The highest BCUT2D eigenvalue weighted by Crippen LogP contribution is 2.50. The van der Waals surface area contributed by atoms with E-state index >= 15 is 0 Å². The summed E-state index contributed by atoms with van der Waals surface area (Å²) in [6.45, 7) is 1.94. The number of aryl methyl sites for hydroxylation is 1. The third-order valence-corrected chi connectivity index (χ3v) is 6.26. The van der Waals surface area contributed by atoms with Crippen molar-refractivity contribution in [1.82, 2.24) is 0 Å². The van der Waals surface area contributed by atoms with Crippen LogP contribution in [0.3, 0.4) is 0 Å². The maximum Gasteiger partial charge on any atom is 0.266 e. The number of carbonyl (C=O) groups excluding carboxylic acids is 2. The largest absolute Gasteiger partial charge is 0.502 e. The number of rotatable bonds is 5. The number of anilines is 2. The van der Waals surface area contributed by atoms with E-state index in [2.05, 4.69) is 0 Å². The first-order valence-corrected chi connectivity index (χ1v) is 10.8. The highest BCUT2D eigenvalue weighted by molar-refractivity contribution is 6.23. The zero-order valence-electron chi connectivity index (χ0n) is 19.0. The summed E-state index contributed by atoms with van der Waals surface area (Å²) in [5.74, 6) is -1.34. The van der Waals surface area contributed by atoms with Gasteiger partial charge in [0.25, 0.3) is 5.91 Å². The van der Waals surface area contributed by atoms with Gasteiger partial charge in [0.2, 0.25) is 11.7 Å². The Hall–Kier alpha value is -4.04. The average molecular weight is 460 g/mol. The standard InChI is InChI=1S/C26H24N2O6/c1-15-9-11-17(12-10-15)27-25(30)21-22(16-13-19(32-2)23(29)20(14-16)33-3)28(34-24(21)26(27)31)18-7-5-4-6-8-18/h4-14,21-22,24,29H,1-3H3/t21-,22-,24-/m0/s1. The zero-order chi connectivity index (χ0) is 24.0. The van der Waals surface area contributed by atoms with Crippen molar-refractivity contribution in [1.29, 1.82) is 0 Å². The number of benzene rings is 3. The fraction of sp³-hybridized carbons (Fsp3) is 0.231. The quantitative estimate of drug-likeness (QED) is 0.580. The van der Waals surface area contributed by atoms with Crippen LogP contribution in [0, 0.1) is 12.8 Å². The Bertz CT molecular complexity index is 1220. The van der Waals surface area contributed by atoms with Crippen molar-refractivity contribution in [3.8, 4) is 17.2 Å². The molecule has 0 spiro atoms. The van der Waals surface area contributed by atoms with E-state index in [0.29, 0.717) is 16.9 Å². The van der Waals surface area contributed by atoms with Gasteiger partial charge in [-0.2, -0.15) is 0 Å². The first kappa shape index (κ1) is 21.8. The number of methoxy groups -OCH3 is 2. The third-order valence-electron chi connectivity index (χ3n) is 6.26. The van der Waals surface area contributed by atoms with Gasteiger partial charge < -0.3 is 14.6 Å². The van der Waals surface area contributed by atoms with Gasteiger partial charge in [-0.1, -0.05) is 35.9 Å². The smallest absolute Gasteiger partial charge is 0.266 e. The summed E-state index contributed by atoms with van der Waals surface area (Å²) in [5, 5.41) is 12.0. The van der Waals surface area contributed by atoms with Crippen LogP contribution in [0.4, 0.5) is 11.4 Å². The van der Waals surface area contributed by atoms with Gasteiger partial charge >= 0.3 is 0 Å². The topological polar surface area (TPSA) is 88.5 Å². The number of phenols is 1. The fourth-order valence-electron chi connectivity index (χ4n) is 4.59. The average Bonchev–Trinajstić information content (AvgIpc) is 3.36. The van der Waals surface area contributed by atoms with E-state index < -0.39 is 24.0 Å². The van der Waals surface area contributed by atoms with Gasteiger partial charge in [-0.05, 0) is 48.9 Å². The van der Waals surface area contributed by atoms with E-state index in [1.807, 2.05) is 49.4 Å². The van der Waals surface area contributed by atoms with Crippen molar-refractivity contribution in [2.24, 2.45) is 5.92 Å². The van der Waals surface area contributed by atoms with Crippen molar-refractivity contribution in [2.45, 2.75) is 19.1 Å². The van der Waals surface area contributed by atoms with Crippen LogP contribution < -0.4 is 19.4 Å². The number of fused-ring (bicyclic) bond motifs is 1. The molecule has 2 heterocycles. The summed E-state index contributed by atoms with van der Waals surface area (Å²) >= 11 is 0. The Morgan fingerprint density at radius 1 is 0.853 bits per heavy atom. The van der Waals surface area contributed by atoms with Crippen LogP contribution in [0.2, 0.25) is 0 Å². The molecule has 0 unspecified atom stereocenters. The summed E-state index contributed by atoms with van der Waals surface area (Å²) in [6, 6.07) is 19.1. The van der Waals surface area contributed by atoms with E-state index in [-0.39, 0.29) is 23.2 Å². The van der Waals surface area contributed by atoms with E-state index in [1.165, 1.54) is 19.1 Å². The molecule has 174 valence electrons. The molecule has 0 bridgehead atoms. The second kappa shape index (κ2) is 8.39. The molecule has 8 heteroatoms. The number of carbonyl (C=O) groups is 2.